The van der Waals surface area contributed by atoms with Gasteiger partial charge in [0.15, 0.2) is 0 Å². The average molecular weight is 269 g/mol. The molecule has 1 aromatic heterocycles. The Morgan fingerprint density at radius 1 is 1.50 bits per heavy atom. The largest absolute Gasteiger partial charge is 0.433 e. The normalized spacial score (nSPS) is 11.4. The van der Waals surface area contributed by atoms with Gasteiger partial charge in [0.2, 0.25) is 0 Å². The molecule has 0 unspecified atom stereocenters. The van der Waals surface area contributed by atoms with Crippen LogP contribution in [0, 0.1) is 0 Å². The summed E-state index contributed by atoms with van der Waals surface area (Å²) in [5, 5.41) is 0. The topological polar surface area (TPSA) is 56.0 Å². The highest BCUT2D eigenvalue weighted by molar-refractivity contribution is 9.10. The Morgan fingerprint density at radius 2 is 2.07 bits per heavy atom. The Morgan fingerprint density at radius 3 is 2.43 bits per heavy atom. The number of amides is 1. The van der Waals surface area contributed by atoms with Gasteiger partial charge in [-0.3, -0.25) is 9.78 Å². The van der Waals surface area contributed by atoms with Gasteiger partial charge < -0.3 is 5.73 Å². The first-order valence-corrected chi connectivity index (χ1v) is 4.14. The van der Waals surface area contributed by atoms with Crippen LogP contribution in [-0.2, 0) is 6.18 Å². The van der Waals surface area contributed by atoms with E-state index in [1.807, 2.05) is 0 Å². The molecule has 7 heteroatoms. The van der Waals surface area contributed by atoms with E-state index in [9.17, 15) is 18.0 Å². The number of rotatable bonds is 1. The predicted octanol–water partition coefficient (Wildman–Crippen LogP) is 1.96. The van der Waals surface area contributed by atoms with E-state index in [2.05, 4.69) is 20.9 Å². The third-order valence-electron chi connectivity index (χ3n) is 1.41. The molecule has 0 atom stereocenters. The molecule has 3 nitrogen and oxygen atoms in total. The van der Waals surface area contributed by atoms with E-state index in [1.165, 1.54) is 0 Å². The van der Waals surface area contributed by atoms with E-state index < -0.39 is 17.8 Å². The lowest BCUT2D eigenvalue weighted by Crippen LogP contribution is -2.14. The highest BCUT2D eigenvalue weighted by atomic mass is 79.9. The Balaban J connectivity index is 3.20. The maximum atomic E-state index is 12.1. The van der Waals surface area contributed by atoms with Gasteiger partial charge in [-0.05, 0) is 22.0 Å². The standard InChI is InChI=1S/C7H4BrF3N2O/c8-4-1-5(7(9,10)11)13-2-3(4)6(12)14/h1-2H,(H2,12,14). The Kier molecular flexibility index (Phi) is 2.79. The summed E-state index contributed by atoms with van der Waals surface area (Å²) in [5.41, 5.74) is 3.72. The zero-order valence-corrected chi connectivity index (χ0v) is 8.19. The first-order valence-electron chi connectivity index (χ1n) is 3.35. The molecule has 0 radical (unpaired) electrons. The number of nitrogens with two attached hydrogens (primary N) is 1. The second-order valence-electron chi connectivity index (χ2n) is 2.41. The van der Waals surface area contributed by atoms with Crippen LogP contribution in [0.1, 0.15) is 16.1 Å². The van der Waals surface area contributed by atoms with Crippen molar-refractivity contribution in [2.24, 2.45) is 5.73 Å². The second kappa shape index (κ2) is 3.56. The third-order valence-corrected chi connectivity index (χ3v) is 2.07. The molecule has 0 spiro atoms. The maximum Gasteiger partial charge on any atom is 0.433 e. The number of carbonyl (C=O) groups is 1. The molecule has 1 rings (SSSR count). The highest BCUT2D eigenvalue weighted by Crippen LogP contribution is 2.30. The highest BCUT2D eigenvalue weighted by Gasteiger charge is 2.33. The van der Waals surface area contributed by atoms with Gasteiger partial charge in [-0.25, -0.2) is 0 Å². The van der Waals surface area contributed by atoms with Crippen molar-refractivity contribution in [3.63, 3.8) is 0 Å². The van der Waals surface area contributed by atoms with Crippen LogP contribution in [-0.4, -0.2) is 10.9 Å². The fourth-order valence-electron chi connectivity index (χ4n) is 0.767. The summed E-state index contributed by atoms with van der Waals surface area (Å²) < 4.78 is 36.3. The molecule has 1 aromatic rings. The van der Waals surface area contributed by atoms with Crippen LogP contribution in [0.15, 0.2) is 16.7 Å². The molecule has 0 aliphatic carbocycles. The first kappa shape index (κ1) is 11.0. The molecule has 14 heavy (non-hydrogen) atoms. The second-order valence-corrected chi connectivity index (χ2v) is 3.27. The van der Waals surface area contributed by atoms with Gasteiger partial charge in [0, 0.05) is 10.7 Å². The summed E-state index contributed by atoms with van der Waals surface area (Å²) in [7, 11) is 0. The molecule has 0 fully saturated rings. The monoisotopic (exact) mass is 268 g/mol. The van der Waals surface area contributed by atoms with Crippen LogP contribution in [0.4, 0.5) is 13.2 Å². The fourth-order valence-corrected chi connectivity index (χ4v) is 1.28. The molecule has 1 amide bonds. The van der Waals surface area contributed by atoms with E-state index in [4.69, 9.17) is 5.73 Å². The number of nitrogens with zero attached hydrogens (tertiary/aromatic N) is 1. The Labute approximate surface area is 85.2 Å². The van der Waals surface area contributed by atoms with Crippen molar-refractivity contribution in [3.05, 3.63) is 28.0 Å². The molecular formula is C7H4BrF3N2O. The molecule has 0 saturated carbocycles. The number of carbonyl (C=O) groups excluding carboxylic acids is 1. The van der Waals surface area contributed by atoms with Crippen molar-refractivity contribution in [1.29, 1.82) is 0 Å². The zero-order valence-electron chi connectivity index (χ0n) is 6.60. The van der Waals surface area contributed by atoms with Crippen LogP contribution in [0.3, 0.4) is 0 Å². The maximum absolute atomic E-state index is 12.1. The molecule has 2 N–H and O–H groups in total. The van der Waals surface area contributed by atoms with Gasteiger partial charge >= 0.3 is 6.18 Å². The molecular weight excluding hydrogens is 265 g/mol. The van der Waals surface area contributed by atoms with Crippen molar-refractivity contribution in [1.82, 2.24) is 4.98 Å². The summed E-state index contributed by atoms with van der Waals surface area (Å²) in [6, 6.07) is 0.708. The summed E-state index contributed by atoms with van der Waals surface area (Å²) in [6.45, 7) is 0. The lowest BCUT2D eigenvalue weighted by atomic mass is 10.2. The Bertz CT molecular complexity index is 378. The van der Waals surface area contributed by atoms with Crippen molar-refractivity contribution in [2.75, 3.05) is 0 Å². The molecule has 0 aliphatic rings. The first-order chi connectivity index (χ1) is 6.32. The van der Waals surface area contributed by atoms with Crippen LogP contribution in [0.5, 0.6) is 0 Å². The number of alkyl halides is 3. The minimum Gasteiger partial charge on any atom is -0.366 e. The summed E-state index contributed by atoms with van der Waals surface area (Å²) in [5.74, 6) is -0.835. The minimum absolute atomic E-state index is 0.0210. The van der Waals surface area contributed by atoms with Crippen molar-refractivity contribution < 1.29 is 18.0 Å². The van der Waals surface area contributed by atoms with Gasteiger partial charge in [0.05, 0.1) is 5.56 Å². The Hall–Kier alpha value is -1.11. The van der Waals surface area contributed by atoms with Crippen LogP contribution in [0.25, 0.3) is 0 Å². The summed E-state index contributed by atoms with van der Waals surface area (Å²) in [4.78, 5) is 13.7. The number of hydrogen-bond acceptors (Lipinski definition) is 2. The van der Waals surface area contributed by atoms with Gasteiger partial charge in [-0.1, -0.05) is 0 Å². The van der Waals surface area contributed by atoms with E-state index in [0.29, 0.717) is 6.07 Å². The lowest BCUT2D eigenvalue weighted by Gasteiger charge is -2.06. The van der Waals surface area contributed by atoms with Crippen LogP contribution < -0.4 is 5.73 Å². The molecule has 1 heterocycles. The summed E-state index contributed by atoms with van der Waals surface area (Å²) >= 11 is 2.80. The number of primary amides is 1. The fraction of sp³-hybridized carbons (Fsp3) is 0.143. The number of pyridine rings is 1. The predicted molar refractivity (Wildman–Crippen MR) is 45.5 cm³/mol. The molecule has 76 valence electrons. The number of hydrogen-bond donors (Lipinski definition) is 1. The van der Waals surface area contributed by atoms with Crippen molar-refractivity contribution >= 4 is 21.8 Å². The van der Waals surface area contributed by atoms with E-state index in [0.717, 1.165) is 6.20 Å². The minimum atomic E-state index is -4.53. The van der Waals surface area contributed by atoms with E-state index in [-0.39, 0.29) is 10.0 Å². The SMILES string of the molecule is NC(=O)c1cnc(C(F)(F)F)cc1Br. The zero-order chi connectivity index (χ0) is 10.9. The molecule has 0 aromatic carbocycles. The number of halogens is 4. The van der Waals surface area contributed by atoms with Crippen LogP contribution in [0.2, 0.25) is 0 Å². The summed E-state index contributed by atoms with van der Waals surface area (Å²) in [6.07, 6.45) is -3.74. The third kappa shape index (κ3) is 2.22. The quantitative estimate of drug-likeness (QED) is 0.847. The smallest absolute Gasteiger partial charge is 0.366 e. The van der Waals surface area contributed by atoms with Crippen molar-refractivity contribution in [3.8, 4) is 0 Å². The van der Waals surface area contributed by atoms with E-state index in [1.54, 1.807) is 0 Å². The molecule has 0 bridgehead atoms. The molecule has 0 aliphatic heterocycles. The van der Waals surface area contributed by atoms with Crippen LogP contribution >= 0.6 is 15.9 Å². The van der Waals surface area contributed by atoms with E-state index >= 15 is 0 Å². The van der Waals surface area contributed by atoms with Gasteiger partial charge in [0.25, 0.3) is 5.91 Å². The van der Waals surface area contributed by atoms with Gasteiger partial charge in [-0.15, -0.1) is 0 Å². The van der Waals surface area contributed by atoms with Gasteiger partial charge in [0.1, 0.15) is 5.69 Å². The number of aromatic nitrogens is 1. The van der Waals surface area contributed by atoms with Crippen molar-refractivity contribution in [2.45, 2.75) is 6.18 Å². The molecule has 0 saturated heterocycles. The average Bonchev–Trinajstić information content (AvgIpc) is 2.01. The lowest BCUT2D eigenvalue weighted by molar-refractivity contribution is -0.141. The van der Waals surface area contributed by atoms with Gasteiger partial charge in [-0.2, -0.15) is 13.2 Å².